The van der Waals surface area contributed by atoms with Crippen LogP contribution in [-0.4, -0.2) is 42.0 Å². The molecule has 0 bridgehead atoms. The molecule has 0 N–H and O–H groups in total. The van der Waals surface area contributed by atoms with Crippen LogP contribution in [0.15, 0.2) is 42.7 Å². The Morgan fingerprint density at radius 2 is 1.83 bits per heavy atom. The molecule has 1 spiro atoms. The Labute approximate surface area is 141 Å². The van der Waals surface area contributed by atoms with Crippen LogP contribution in [0.25, 0.3) is 11.1 Å². The molecule has 2 saturated heterocycles. The van der Waals surface area contributed by atoms with Crippen molar-refractivity contribution in [2.24, 2.45) is 0 Å². The maximum Gasteiger partial charge on any atom is 0.170 e. The third-order valence-corrected chi connectivity index (χ3v) is 4.79. The van der Waals surface area contributed by atoms with E-state index in [1.165, 1.54) is 6.07 Å². The summed E-state index contributed by atoms with van der Waals surface area (Å²) in [7, 11) is 0. The van der Waals surface area contributed by atoms with Gasteiger partial charge in [0.2, 0.25) is 0 Å². The zero-order chi connectivity index (χ0) is 16.4. The molecule has 2 aliphatic rings. The average molecular weight is 328 g/mol. The number of hydrogen-bond acceptors (Lipinski definition) is 4. The molecule has 126 valence electrons. The lowest BCUT2D eigenvalue weighted by Gasteiger charge is -2.37. The number of likely N-dealkylation sites (tertiary alicyclic amines) is 1. The van der Waals surface area contributed by atoms with Crippen LogP contribution >= 0.6 is 0 Å². The highest BCUT2D eigenvalue weighted by atomic mass is 19.1. The van der Waals surface area contributed by atoms with Crippen LogP contribution in [0, 0.1) is 5.82 Å². The van der Waals surface area contributed by atoms with Crippen LogP contribution in [0.3, 0.4) is 0 Å². The molecule has 1 aromatic carbocycles. The Bertz CT molecular complexity index is 706. The Kier molecular flexibility index (Phi) is 4.31. The molecule has 5 heteroatoms. The second kappa shape index (κ2) is 6.59. The molecule has 0 atom stereocenters. The molecule has 4 nitrogen and oxygen atoms in total. The van der Waals surface area contributed by atoms with Crippen molar-refractivity contribution >= 4 is 0 Å². The first-order valence-electron chi connectivity index (χ1n) is 8.43. The van der Waals surface area contributed by atoms with Gasteiger partial charge in [0, 0.05) is 50.4 Å². The normalized spacial score (nSPS) is 20.5. The summed E-state index contributed by atoms with van der Waals surface area (Å²) in [6.45, 7) is 4.15. The monoisotopic (exact) mass is 328 g/mol. The fourth-order valence-corrected chi connectivity index (χ4v) is 3.50. The van der Waals surface area contributed by atoms with Crippen molar-refractivity contribution in [1.82, 2.24) is 9.88 Å². The number of halogens is 1. The first-order chi connectivity index (χ1) is 11.7. The van der Waals surface area contributed by atoms with Crippen molar-refractivity contribution < 1.29 is 13.9 Å². The Morgan fingerprint density at radius 1 is 1.04 bits per heavy atom. The summed E-state index contributed by atoms with van der Waals surface area (Å²) in [4.78, 5) is 6.72. The second-order valence-corrected chi connectivity index (χ2v) is 6.48. The topological polar surface area (TPSA) is 34.6 Å². The summed E-state index contributed by atoms with van der Waals surface area (Å²) in [6.07, 6.45) is 5.48. The summed E-state index contributed by atoms with van der Waals surface area (Å²) in [5.41, 5.74) is 2.94. The Hall–Kier alpha value is -1.82. The number of pyridine rings is 1. The first-order valence-corrected chi connectivity index (χ1v) is 8.43. The van der Waals surface area contributed by atoms with Crippen LogP contribution in [0.4, 0.5) is 4.39 Å². The Balaban J connectivity index is 1.43. The molecular weight excluding hydrogens is 307 g/mol. The van der Waals surface area contributed by atoms with Crippen molar-refractivity contribution in [2.75, 3.05) is 26.3 Å². The van der Waals surface area contributed by atoms with Gasteiger partial charge in [0.25, 0.3) is 0 Å². The van der Waals surface area contributed by atoms with E-state index in [1.54, 1.807) is 18.3 Å². The molecule has 0 amide bonds. The van der Waals surface area contributed by atoms with Crippen LogP contribution in [0.5, 0.6) is 0 Å². The lowest BCUT2D eigenvalue weighted by molar-refractivity contribution is -0.185. The maximum absolute atomic E-state index is 13.4. The third-order valence-electron chi connectivity index (χ3n) is 4.79. The number of benzene rings is 1. The lowest BCUT2D eigenvalue weighted by Crippen LogP contribution is -2.44. The van der Waals surface area contributed by atoms with Crippen molar-refractivity contribution in [3.8, 4) is 11.1 Å². The molecule has 0 aliphatic carbocycles. The summed E-state index contributed by atoms with van der Waals surface area (Å²) >= 11 is 0. The molecule has 4 rings (SSSR count). The molecule has 0 radical (unpaired) electrons. The molecule has 2 aromatic rings. The number of hydrogen-bond donors (Lipinski definition) is 0. The van der Waals surface area contributed by atoms with Crippen LogP contribution in [0.1, 0.15) is 18.4 Å². The largest absolute Gasteiger partial charge is 0.347 e. The van der Waals surface area contributed by atoms with Gasteiger partial charge in [-0.05, 0) is 29.3 Å². The summed E-state index contributed by atoms with van der Waals surface area (Å²) in [6, 6.07) is 8.72. The van der Waals surface area contributed by atoms with Crippen LogP contribution < -0.4 is 0 Å². The van der Waals surface area contributed by atoms with Gasteiger partial charge in [-0.1, -0.05) is 12.1 Å². The maximum atomic E-state index is 13.4. The molecular formula is C19H21FN2O2. The first kappa shape index (κ1) is 15.7. The minimum atomic E-state index is -0.335. The van der Waals surface area contributed by atoms with Gasteiger partial charge in [-0.3, -0.25) is 9.88 Å². The van der Waals surface area contributed by atoms with E-state index >= 15 is 0 Å². The minimum absolute atomic E-state index is 0.226. The van der Waals surface area contributed by atoms with E-state index in [1.807, 2.05) is 12.3 Å². The number of nitrogens with zero attached hydrogens (tertiary/aromatic N) is 2. The second-order valence-electron chi connectivity index (χ2n) is 6.48. The van der Waals surface area contributed by atoms with Gasteiger partial charge in [-0.15, -0.1) is 0 Å². The number of aromatic nitrogens is 1. The van der Waals surface area contributed by atoms with E-state index in [-0.39, 0.29) is 11.6 Å². The van der Waals surface area contributed by atoms with Gasteiger partial charge >= 0.3 is 0 Å². The van der Waals surface area contributed by atoms with Gasteiger partial charge in [0.05, 0.1) is 13.2 Å². The predicted octanol–water partition coefficient (Wildman–Crippen LogP) is 3.23. The lowest BCUT2D eigenvalue weighted by atomic mass is 10.0. The average Bonchev–Trinajstić information content (AvgIpc) is 3.06. The van der Waals surface area contributed by atoms with E-state index in [9.17, 15) is 4.39 Å². The third kappa shape index (κ3) is 3.34. The highest BCUT2D eigenvalue weighted by Gasteiger charge is 2.39. The minimum Gasteiger partial charge on any atom is -0.347 e. The fourth-order valence-electron chi connectivity index (χ4n) is 3.50. The highest BCUT2D eigenvalue weighted by molar-refractivity contribution is 5.62. The molecule has 3 heterocycles. The molecule has 2 aliphatic heterocycles. The van der Waals surface area contributed by atoms with Crippen molar-refractivity contribution in [3.63, 3.8) is 0 Å². The van der Waals surface area contributed by atoms with Gasteiger partial charge in [0.15, 0.2) is 5.79 Å². The molecule has 2 fully saturated rings. The van der Waals surface area contributed by atoms with Gasteiger partial charge in [-0.25, -0.2) is 4.39 Å². The molecule has 1 aromatic heterocycles. The summed E-state index contributed by atoms with van der Waals surface area (Å²) in [5.74, 6) is -0.561. The van der Waals surface area contributed by atoms with E-state index in [0.717, 1.165) is 49.2 Å². The van der Waals surface area contributed by atoms with E-state index < -0.39 is 0 Å². The zero-order valence-corrected chi connectivity index (χ0v) is 13.6. The fraction of sp³-hybridized carbons (Fsp3) is 0.421. The van der Waals surface area contributed by atoms with E-state index in [0.29, 0.717) is 13.2 Å². The summed E-state index contributed by atoms with van der Waals surface area (Å²) < 4.78 is 25.0. The van der Waals surface area contributed by atoms with Gasteiger partial charge in [-0.2, -0.15) is 0 Å². The Morgan fingerprint density at radius 3 is 2.58 bits per heavy atom. The molecule has 24 heavy (non-hydrogen) atoms. The van der Waals surface area contributed by atoms with Crippen molar-refractivity contribution in [1.29, 1.82) is 0 Å². The predicted molar refractivity (Wildman–Crippen MR) is 88.8 cm³/mol. The van der Waals surface area contributed by atoms with E-state index in [2.05, 4.69) is 16.0 Å². The number of ether oxygens (including phenoxy) is 2. The quantitative estimate of drug-likeness (QED) is 0.866. The summed E-state index contributed by atoms with van der Waals surface area (Å²) in [5, 5.41) is 0. The van der Waals surface area contributed by atoms with Gasteiger partial charge in [0.1, 0.15) is 5.82 Å². The van der Waals surface area contributed by atoms with Gasteiger partial charge < -0.3 is 9.47 Å². The molecule has 0 saturated carbocycles. The molecule has 0 unspecified atom stereocenters. The highest BCUT2D eigenvalue weighted by Crippen LogP contribution is 2.32. The zero-order valence-electron chi connectivity index (χ0n) is 13.6. The van der Waals surface area contributed by atoms with Crippen LogP contribution in [0.2, 0.25) is 0 Å². The smallest absolute Gasteiger partial charge is 0.170 e. The number of piperidine rings is 1. The van der Waals surface area contributed by atoms with Crippen molar-refractivity contribution in [3.05, 3.63) is 54.1 Å². The standard InChI is InChI=1S/C19H21FN2O2/c20-18-3-1-2-16(11-18)17-10-15(12-21-13-17)14-22-6-4-19(5-7-22)23-8-9-24-19/h1-3,10-13H,4-9,14H2. The number of rotatable bonds is 3. The van der Waals surface area contributed by atoms with Crippen LogP contribution in [-0.2, 0) is 16.0 Å². The SMILES string of the molecule is Fc1cccc(-c2cncc(CN3CCC4(CC3)OCCO4)c2)c1. The van der Waals surface area contributed by atoms with Crippen molar-refractivity contribution in [2.45, 2.75) is 25.2 Å². The van der Waals surface area contributed by atoms with E-state index in [4.69, 9.17) is 9.47 Å².